The summed E-state index contributed by atoms with van der Waals surface area (Å²) in [5, 5.41) is 2.87. The Morgan fingerprint density at radius 1 is 1.25 bits per heavy atom. The standard InChI is InChI=1S/C17H15BrFN3O2/c18-9-5-8(1-2-10(9)19)14-15-12(6-20-7-13(15)23)22-11-3-4-21-17(24)16(11)14/h1-2,5-6,12,14-16H,3-4,7H2,(H,21,24). The van der Waals surface area contributed by atoms with Gasteiger partial charge in [0.2, 0.25) is 5.91 Å². The van der Waals surface area contributed by atoms with Crippen molar-refractivity contribution >= 4 is 39.5 Å². The summed E-state index contributed by atoms with van der Waals surface area (Å²) < 4.78 is 14.0. The molecule has 0 aromatic heterocycles. The van der Waals surface area contributed by atoms with Crippen LogP contribution in [0.5, 0.6) is 0 Å². The van der Waals surface area contributed by atoms with E-state index in [0.29, 0.717) is 17.4 Å². The summed E-state index contributed by atoms with van der Waals surface area (Å²) in [6, 6.07) is 4.35. The van der Waals surface area contributed by atoms with Crippen LogP contribution in [0.3, 0.4) is 0 Å². The van der Waals surface area contributed by atoms with Crippen molar-refractivity contribution in [2.24, 2.45) is 21.8 Å². The predicted octanol–water partition coefficient (Wildman–Crippen LogP) is 1.90. The average Bonchev–Trinajstić information content (AvgIpc) is 2.56. The summed E-state index contributed by atoms with van der Waals surface area (Å²) >= 11 is 3.20. The Labute approximate surface area is 146 Å². The van der Waals surface area contributed by atoms with Crippen molar-refractivity contribution < 1.29 is 14.0 Å². The number of carbonyl (C=O) groups excluding carboxylic acids is 2. The number of ketones is 1. The van der Waals surface area contributed by atoms with Crippen molar-refractivity contribution in [2.45, 2.75) is 18.4 Å². The molecule has 4 rings (SSSR count). The molecule has 7 heteroatoms. The molecule has 24 heavy (non-hydrogen) atoms. The fraction of sp³-hybridized carbons (Fsp3) is 0.412. The molecule has 4 atom stereocenters. The van der Waals surface area contributed by atoms with Gasteiger partial charge in [-0.1, -0.05) is 6.07 Å². The molecule has 124 valence electrons. The van der Waals surface area contributed by atoms with Crippen molar-refractivity contribution in [3.63, 3.8) is 0 Å². The maximum absolute atomic E-state index is 13.6. The zero-order valence-corrected chi connectivity index (χ0v) is 14.3. The zero-order chi connectivity index (χ0) is 16.8. The largest absolute Gasteiger partial charge is 0.355 e. The number of benzene rings is 1. The molecule has 1 amide bonds. The van der Waals surface area contributed by atoms with Gasteiger partial charge in [0.15, 0.2) is 5.78 Å². The summed E-state index contributed by atoms with van der Waals surface area (Å²) in [7, 11) is 0. The predicted molar refractivity (Wildman–Crippen MR) is 91.0 cm³/mol. The molecule has 0 bridgehead atoms. The summed E-state index contributed by atoms with van der Waals surface area (Å²) in [6.45, 7) is 0.662. The Hall–Kier alpha value is -1.89. The molecule has 5 nitrogen and oxygen atoms in total. The van der Waals surface area contributed by atoms with Crippen LogP contribution in [0.1, 0.15) is 17.9 Å². The van der Waals surface area contributed by atoms with Gasteiger partial charge >= 0.3 is 0 Å². The molecule has 1 aromatic carbocycles. The Morgan fingerprint density at radius 2 is 2.08 bits per heavy atom. The van der Waals surface area contributed by atoms with Gasteiger partial charge < -0.3 is 5.32 Å². The van der Waals surface area contributed by atoms with E-state index < -0.39 is 11.8 Å². The van der Waals surface area contributed by atoms with Gasteiger partial charge in [-0.2, -0.15) is 0 Å². The Balaban J connectivity index is 1.87. The SMILES string of the molecule is O=C1NCCC2=NC3C=NCC(=O)C3C(c3ccc(F)c(Br)c3)C12. The van der Waals surface area contributed by atoms with Gasteiger partial charge in [0.25, 0.3) is 0 Å². The first-order valence-electron chi connectivity index (χ1n) is 7.88. The molecule has 1 saturated heterocycles. The molecule has 1 fully saturated rings. The number of carbonyl (C=O) groups is 2. The second kappa shape index (κ2) is 5.88. The lowest BCUT2D eigenvalue weighted by molar-refractivity contribution is -0.127. The van der Waals surface area contributed by atoms with Crippen LogP contribution in [0.15, 0.2) is 32.7 Å². The minimum absolute atomic E-state index is 0.0193. The maximum Gasteiger partial charge on any atom is 0.229 e. The third-order valence-electron chi connectivity index (χ3n) is 4.96. The Bertz CT molecular complexity index is 792. The van der Waals surface area contributed by atoms with E-state index in [2.05, 4.69) is 31.2 Å². The number of Topliss-reactive ketones (excluding diaryl/α,β-unsaturated/α-hetero) is 1. The lowest BCUT2D eigenvalue weighted by atomic mass is 9.66. The maximum atomic E-state index is 13.6. The molecule has 3 heterocycles. The van der Waals surface area contributed by atoms with Crippen LogP contribution in [-0.4, -0.2) is 42.7 Å². The number of nitrogens with one attached hydrogen (secondary N) is 1. The highest BCUT2D eigenvalue weighted by atomic mass is 79.9. The number of nitrogens with zero attached hydrogens (tertiary/aromatic N) is 2. The molecule has 1 N–H and O–H groups in total. The number of hydrogen-bond acceptors (Lipinski definition) is 4. The highest BCUT2D eigenvalue weighted by molar-refractivity contribution is 9.10. The van der Waals surface area contributed by atoms with Crippen LogP contribution in [0.2, 0.25) is 0 Å². The second-order valence-corrected chi connectivity index (χ2v) is 7.17. The number of halogens is 2. The lowest BCUT2D eigenvalue weighted by Crippen LogP contribution is -2.54. The van der Waals surface area contributed by atoms with E-state index in [4.69, 9.17) is 0 Å². The van der Waals surface area contributed by atoms with E-state index in [1.807, 2.05) is 0 Å². The van der Waals surface area contributed by atoms with Gasteiger partial charge in [-0.05, 0) is 33.6 Å². The van der Waals surface area contributed by atoms with Crippen LogP contribution in [-0.2, 0) is 9.59 Å². The van der Waals surface area contributed by atoms with Crippen molar-refractivity contribution in [3.05, 3.63) is 34.1 Å². The monoisotopic (exact) mass is 391 g/mol. The molecule has 3 aliphatic heterocycles. The van der Waals surface area contributed by atoms with Gasteiger partial charge in [-0.15, -0.1) is 0 Å². The highest BCUT2D eigenvalue weighted by Crippen LogP contribution is 2.43. The van der Waals surface area contributed by atoms with Gasteiger partial charge in [0.1, 0.15) is 5.82 Å². The zero-order valence-electron chi connectivity index (χ0n) is 12.7. The van der Waals surface area contributed by atoms with Crippen LogP contribution >= 0.6 is 15.9 Å². The van der Waals surface area contributed by atoms with E-state index in [0.717, 1.165) is 11.3 Å². The van der Waals surface area contributed by atoms with Crippen molar-refractivity contribution in [1.29, 1.82) is 0 Å². The normalized spacial score (nSPS) is 31.8. The van der Waals surface area contributed by atoms with E-state index in [-0.39, 0.29) is 36.0 Å². The molecule has 0 spiro atoms. The minimum atomic E-state index is -0.479. The fourth-order valence-electron chi connectivity index (χ4n) is 3.93. The molecule has 0 aliphatic carbocycles. The molecule has 3 aliphatic rings. The summed E-state index contributed by atoms with van der Waals surface area (Å²) in [5.74, 6) is -1.76. The van der Waals surface area contributed by atoms with Crippen LogP contribution in [0.25, 0.3) is 0 Å². The lowest BCUT2D eigenvalue weighted by Gasteiger charge is -2.42. The second-order valence-electron chi connectivity index (χ2n) is 6.31. The first-order chi connectivity index (χ1) is 11.6. The van der Waals surface area contributed by atoms with E-state index in [9.17, 15) is 14.0 Å². The van der Waals surface area contributed by atoms with Gasteiger partial charge in [-0.3, -0.25) is 19.6 Å². The quantitative estimate of drug-likeness (QED) is 0.793. The highest BCUT2D eigenvalue weighted by Gasteiger charge is 2.49. The minimum Gasteiger partial charge on any atom is -0.355 e. The Kier molecular flexibility index (Phi) is 3.83. The summed E-state index contributed by atoms with van der Waals surface area (Å²) in [4.78, 5) is 33.8. The summed E-state index contributed by atoms with van der Waals surface area (Å²) in [6.07, 6.45) is 2.38. The average molecular weight is 392 g/mol. The number of aliphatic imine (C=N–C) groups is 2. The third kappa shape index (κ3) is 2.42. The Morgan fingerprint density at radius 3 is 2.88 bits per heavy atom. The van der Waals surface area contributed by atoms with E-state index in [1.165, 1.54) is 6.07 Å². The van der Waals surface area contributed by atoms with Gasteiger partial charge in [0.05, 0.1) is 28.9 Å². The van der Waals surface area contributed by atoms with Crippen LogP contribution in [0.4, 0.5) is 4.39 Å². The molecule has 1 aromatic rings. The third-order valence-corrected chi connectivity index (χ3v) is 5.56. The summed E-state index contributed by atoms with van der Waals surface area (Å²) in [5.41, 5.74) is 1.59. The number of piperidine rings is 1. The van der Waals surface area contributed by atoms with E-state index >= 15 is 0 Å². The number of fused-ring (bicyclic) bond motifs is 2. The molecule has 0 radical (unpaired) electrons. The molecular weight excluding hydrogens is 377 g/mol. The van der Waals surface area contributed by atoms with Crippen molar-refractivity contribution in [2.75, 3.05) is 13.1 Å². The first-order valence-corrected chi connectivity index (χ1v) is 8.67. The van der Waals surface area contributed by atoms with E-state index in [1.54, 1.807) is 18.3 Å². The smallest absolute Gasteiger partial charge is 0.229 e. The fourth-order valence-corrected chi connectivity index (χ4v) is 4.33. The number of amides is 1. The van der Waals surface area contributed by atoms with Crippen LogP contribution < -0.4 is 5.32 Å². The molecule has 0 saturated carbocycles. The molecular formula is C17H15BrFN3O2. The number of hydrogen-bond donors (Lipinski definition) is 1. The first kappa shape index (κ1) is 15.6. The van der Waals surface area contributed by atoms with Crippen molar-refractivity contribution in [1.82, 2.24) is 5.32 Å². The number of rotatable bonds is 1. The topological polar surface area (TPSA) is 70.9 Å². The van der Waals surface area contributed by atoms with Gasteiger partial charge in [-0.25, -0.2) is 4.39 Å². The van der Waals surface area contributed by atoms with Crippen molar-refractivity contribution in [3.8, 4) is 0 Å². The molecule has 4 unspecified atom stereocenters. The van der Waals surface area contributed by atoms with Crippen LogP contribution in [0, 0.1) is 17.7 Å². The van der Waals surface area contributed by atoms with Gasteiger partial charge in [0, 0.05) is 30.8 Å².